The maximum Gasteiger partial charge on any atom is 0.0977 e. The zero-order valence-corrected chi connectivity index (χ0v) is 21.1. The van der Waals surface area contributed by atoms with Gasteiger partial charge in [-0.1, -0.05) is 30.8 Å². The lowest BCUT2D eigenvalue weighted by Crippen LogP contribution is -2.71. The van der Waals surface area contributed by atoms with E-state index in [-0.39, 0.29) is 0 Å². The maximum absolute atomic E-state index is 5.11. The highest BCUT2D eigenvalue weighted by Crippen LogP contribution is 2.46. The molecule has 0 unspecified atom stereocenters. The highest BCUT2D eigenvalue weighted by atomic mass is 32.1. The number of likely N-dealkylation sites (tertiary alicyclic amines) is 1. The monoisotopic (exact) mass is 461 g/mol. The first kappa shape index (κ1) is 22.4. The van der Waals surface area contributed by atoms with Crippen molar-refractivity contribution in [3.05, 3.63) is 54.2 Å². The molecule has 174 valence electrons. The fourth-order valence-electron chi connectivity index (χ4n) is 5.27. The second-order valence-electron chi connectivity index (χ2n) is 10.1. The summed E-state index contributed by atoms with van der Waals surface area (Å²) >= 11 is 1.83. The molecule has 0 atom stereocenters. The van der Waals surface area contributed by atoms with E-state index in [4.69, 9.17) is 4.98 Å². The van der Waals surface area contributed by atoms with Gasteiger partial charge in [-0.3, -0.25) is 0 Å². The van der Waals surface area contributed by atoms with Crippen LogP contribution in [0.3, 0.4) is 0 Å². The number of aryl methyl sites for hydroxylation is 1. The van der Waals surface area contributed by atoms with Gasteiger partial charge in [0.05, 0.1) is 26.6 Å². The number of nitrogens with one attached hydrogen (secondary N) is 1. The van der Waals surface area contributed by atoms with Crippen LogP contribution in [0.5, 0.6) is 0 Å². The van der Waals surface area contributed by atoms with Crippen LogP contribution in [0.2, 0.25) is 0 Å². The summed E-state index contributed by atoms with van der Waals surface area (Å²) in [5.74, 6) is 0. The molecule has 1 spiro atoms. The lowest BCUT2D eigenvalue weighted by atomic mass is 9.73. The number of fused-ring (bicyclic) bond motifs is 1. The lowest BCUT2D eigenvalue weighted by molar-refractivity contribution is -0.00223. The van der Waals surface area contributed by atoms with Crippen LogP contribution in [0.1, 0.15) is 18.9 Å². The maximum atomic E-state index is 5.11. The van der Waals surface area contributed by atoms with Gasteiger partial charge in [0.15, 0.2) is 0 Å². The van der Waals surface area contributed by atoms with Gasteiger partial charge >= 0.3 is 0 Å². The van der Waals surface area contributed by atoms with Crippen molar-refractivity contribution in [2.45, 2.75) is 19.8 Å². The molecule has 1 N–H and O–H groups in total. The van der Waals surface area contributed by atoms with E-state index in [1.807, 2.05) is 18.4 Å². The fraction of sp³-hybridized carbons (Fsp3) is 0.444. The normalized spacial score (nSPS) is 17.3. The van der Waals surface area contributed by atoms with E-state index in [9.17, 15) is 0 Å². The average Bonchev–Trinajstić information content (AvgIpc) is 3.19. The second-order valence-corrected chi connectivity index (χ2v) is 11.1. The first-order valence-electron chi connectivity index (χ1n) is 11.9. The number of nitrogens with zero attached hydrogens (tertiary/aromatic N) is 4. The second kappa shape index (κ2) is 8.75. The Morgan fingerprint density at radius 1 is 1.18 bits per heavy atom. The van der Waals surface area contributed by atoms with Gasteiger partial charge in [-0.25, -0.2) is 4.98 Å². The van der Waals surface area contributed by atoms with Gasteiger partial charge < -0.3 is 20.0 Å². The molecule has 0 radical (unpaired) electrons. The summed E-state index contributed by atoms with van der Waals surface area (Å²) in [5.41, 5.74) is 7.59. The number of benzene rings is 1. The molecule has 5 rings (SSSR count). The number of rotatable bonds is 8. The molecule has 2 aliphatic rings. The van der Waals surface area contributed by atoms with Crippen molar-refractivity contribution in [2.24, 2.45) is 5.41 Å². The van der Waals surface area contributed by atoms with Gasteiger partial charge in [0.2, 0.25) is 0 Å². The molecule has 2 aromatic heterocycles. The van der Waals surface area contributed by atoms with Gasteiger partial charge in [-0.15, -0.1) is 11.3 Å². The molecule has 0 amide bonds. The number of aromatic nitrogens is 1. The van der Waals surface area contributed by atoms with Crippen molar-refractivity contribution in [3.63, 3.8) is 0 Å². The number of thiophene rings is 1. The molecular formula is C27H35N5S. The summed E-state index contributed by atoms with van der Waals surface area (Å²) in [6.45, 7) is 11.9. The molecule has 5 nitrogen and oxygen atoms in total. The minimum absolute atomic E-state index is 0.494. The predicted molar refractivity (Wildman–Crippen MR) is 143 cm³/mol. The molecule has 2 aliphatic heterocycles. The van der Waals surface area contributed by atoms with Crippen molar-refractivity contribution in [1.29, 1.82) is 0 Å². The standard InChI is InChI=1S/C27H35N5S/c1-19(2)31(5)25-14-23-26(33-25)24(32-17-27(18-32)15-30(4)16-27)13-22(29-23)21-10-8-20(9-11-21)7-6-12-28-3/h8-11,13-14,28H,1,6-7,12,15-18H2,2-5H3. The smallest absolute Gasteiger partial charge is 0.0977 e. The first-order chi connectivity index (χ1) is 15.9. The Kier molecular flexibility index (Phi) is 5.93. The molecule has 0 bridgehead atoms. The van der Waals surface area contributed by atoms with E-state index in [0.29, 0.717) is 5.41 Å². The van der Waals surface area contributed by atoms with E-state index in [1.165, 1.54) is 39.6 Å². The summed E-state index contributed by atoms with van der Waals surface area (Å²) in [7, 11) is 6.32. The Hall–Kier alpha value is -2.41. The summed E-state index contributed by atoms with van der Waals surface area (Å²) < 4.78 is 1.29. The van der Waals surface area contributed by atoms with Gasteiger partial charge in [-0.05, 0) is 58.1 Å². The Labute approximate surface area is 201 Å². The molecule has 3 aromatic rings. The SMILES string of the molecule is C=C(C)N(C)c1cc2nc(-c3ccc(CCCNC)cc3)cc(N3CC4(CN(C)C4)C3)c2s1. The highest BCUT2D eigenvalue weighted by Gasteiger charge is 2.50. The molecular weight excluding hydrogens is 426 g/mol. The highest BCUT2D eigenvalue weighted by molar-refractivity contribution is 7.23. The van der Waals surface area contributed by atoms with Gasteiger partial charge in [0.1, 0.15) is 0 Å². The summed E-state index contributed by atoms with van der Waals surface area (Å²) in [5, 5.41) is 4.42. The molecule has 2 saturated heterocycles. The molecule has 4 heterocycles. The first-order valence-corrected chi connectivity index (χ1v) is 12.7. The van der Waals surface area contributed by atoms with Crippen molar-refractivity contribution in [1.82, 2.24) is 15.2 Å². The van der Waals surface area contributed by atoms with Gasteiger partial charge in [0, 0.05) is 49.9 Å². The average molecular weight is 462 g/mol. The predicted octanol–water partition coefficient (Wildman–Crippen LogP) is 4.84. The Balaban J connectivity index is 1.48. The quantitative estimate of drug-likeness (QED) is 0.486. The topological polar surface area (TPSA) is 34.6 Å². The third kappa shape index (κ3) is 4.27. The minimum atomic E-state index is 0.494. The van der Waals surface area contributed by atoms with E-state index in [0.717, 1.165) is 49.4 Å². The van der Waals surface area contributed by atoms with Gasteiger partial charge in [0.25, 0.3) is 0 Å². The molecule has 33 heavy (non-hydrogen) atoms. The van der Waals surface area contributed by atoms with E-state index in [2.05, 4.69) is 84.0 Å². The zero-order valence-electron chi connectivity index (χ0n) is 20.3. The number of hydrogen-bond acceptors (Lipinski definition) is 6. The molecule has 0 aliphatic carbocycles. The van der Waals surface area contributed by atoms with Crippen LogP contribution in [0.15, 0.2) is 48.7 Å². The zero-order chi connectivity index (χ0) is 23.2. The summed E-state index contributed by atoms with van der Waals surface area (Å²) in [6.07, 6.45) is 2.26. The molecule has 0 saturated carbocycles. The van der Waals surface area contributed by atoms with Crippen LogP contribution in [0.25, 0.3) is 21.5 Å². The van der Waals surface area contributed by atoms with E-state index >= 15 is 0 Å². The van der Waals surface area contributed by atoms with Crippen molar-refractivity contribution < 1.29 is 0 Å². The van der Waals surface area contributed by atoms with Gasteiger partial charge in [-0.2, -0.15) is 0 Å². The summed E-state index contributed by atoms with van der Waals surface area (Å²) in [4.78, 5) is 12.3. The van der Waals surface area contributed by atoms with Crippen LogP contribution < -0.4 is 15.1 Å². The summed E-state index contributed by atoms with van der Waals surface area (Å²) in [6, 6.07) is 13.5. The lowest BCUT2D eigenvalue weighted by Gasteiger charge is -2.60. The molecule has 2 fully saturated rings. The van der Waals surface area contributed by atoms with Crippen molar-refractivity contribution in [3.8, 4) is 11.3 Å². The third-order valence-corrected chi connectivity index (χ3v) is 8.32. The van der Waals surface area contributed by atoms with E-state index < -0.39 is 0 Å². The Bertz CT molecular complexity index is 1150. The largest absolute Gasteiger partial charge is 0.369 e. The number of anilines is 2. The minimum Gasteiger partial charge on any atom is -0.369 e. The van der Waals surface area contributed by atoms with E-state index in [1.54, 1.807) is 0 Å². The van der Waals surface area contributed by atoms with Crippen LogP contribution in [-0.2, 0) is 6.42 Å². The third-order valence-electron chi connectivity index (χ3n) is 7.10. The Morgan fingerprint density at radius 3 is 2.55 bits per heavy atom. The van der Waals surface area contributed by atoms with Crippen LogP contribution in [-0.4, -0.2) is 63.8 Å². The number of hydrogen-bond donors (Lipinski definition) is 1. The Morgan fingerprint density at radius 2 is 1.91 bits per heavy atom. The van der Waals surface area contributed by atoms with Crippen LogP contribution in [0.4, 0.5) is 10.7 Å². The van der Waals surface area contributed by atoms with Crippen LogP contribution >= 0.6 is 11.3 Å². The number of pyridine rings is 1. The number of allylic oxidation sites excluding steroid dienone is 1. The fourth-order valence-corrected chi connectivity index (χ4v) is 6.45. The van der Waals surface area contributed by atoms with Crippen molar-refractivity contribution in [2.75, 3.05) is 63.7 Å². The van der Waals surface area contributed by atoms with Crippen LogP contribution in [0, 0.1) is 5.41 Å². The van der Waals surface area contributed by atoms with Crippen molar-refractivity contribution >= 4 is 32.2 Å². The molecule has 6 heteroatoms. The molecule has 1 aromatic carbocycles.